The average molecular weight is 425 g/mol. The number of carbonyl (C=O) groups is 1. The summed E-state index contributed by atoms with van der Waals surface area (Å²) >= 11 is 0. The predicted octanol–water partition coefficient (Wildman–Crippen LogP) is 3.09. The molecule has 0 saturated heterocycles. The van der Waals surface area contributed by atoms with Crippen molar-refractivity contribution >= 4 is 15.8 Å². The van der Waals surface area contributed by atoms with E-state index in [-0.39, 0.29) is 12.3 Å². The van der Waals surface area contributed by atoms with E-state index in [2.05, 4.69) is 14.7 Å². The molecular formula is C22H24N4O3S. The molecule has 2 N–H and O–H groups in total. The Morgan fingerprint density at radius 3 is 2.53 bits per heavy atom. The lowest BCUT2D eigenvalue weighted by Gasteiger charge is -2.22. The summed E-state index contributed by atoms with van der Waals surface area (Å²) in [7, 11) is -3.32. The van der Waals surface area contributed by atoms with Gasteiger partial charge in [-0.1, -0.05) is 26.0 Å². The lowest BCUT2D eigenvalue weighted by molar-refractivity contribution is 0.0994. The van der Waals surface area contributed by atoms with Gasteiger partial charge in [0.2, 0.25) is 10.0 Å². The minimum atomic E-state index is -3.32. The standard InChI is InChI=1S/C22H24N4O3S/c1-22(2,13-24-30(3,28)29)21-25-19(14-8-10-23-11-9-14)20(26-21)16-4-6-17-15(12-16)5-7-18(17)27/h4,6,8-12,24H,5,7,13H2,1-3H3,(H,25,26). The SMILES string of the molecule is CC(C)(CNS(C)(=O)=O)c1nc(-c2ccc3c(c2)CCC3=O)c(-c2ccncc2)[nH]1. The van der Waals surface area contributed by atoms with E-state index in [0.717, 1.165) is 46.3 Å². The molecule has 0 atom stereocenters. The summed E-state index contributed by atoms with van der Waals surface area (Å²) in [6.07, 6.45) is 5.87. The van der Waals surface area contributed by atoms with Crippen molar-refractivity contribution < 1.29 is 13.2 Å². The number of aromatic nitrogens is 3. The number of aromatic amines is 1. The number of rotatable bonds is 6. The number of benzene rings is 1. The minimum Gasteiger partial charge on any atom is -0.341 e. The number of carbonyl (C=O) groups excluding carboxylic acids is 1. The van der Waals surface area contributed by atoms with Crippen LogP contribution >= 0.6 is 0 Å². The molecule has 0 fully saturated rings. The molecule has 0 bridgehead atoms. The normalized spacial score (nSPS) is 14.2. The van der Waals surface area contributed by atoms with Crippen LogP contribution < -0.4 is 4.72 Å². The van der Waals surface area contributed by atoms with E-state index in [1.807, 2.05) is 44.2 Å². The van der Waals surface area contributed by atoms with Gasteiger partial charge in [0.15, 0.2) is 5.78 Å². The number of hydrogen-bond donors (Lipinski definition) is 2. The minimum absolute atomic E-state index is 0.182. The summed E-state index contributed by atoms with van der Waals surface area (Å²) in [6.45, 7) is 4.09. The van der Waals surface area contributed by atoms with Crippen LogP contribution in [0, 0.1) is 0 Å². The van der Waals surface area contributed by atoms with Crippen molar-refractivity contribution in [2.75, 3.05) is 12.8 Å². The quantitative estimate of drug-likeness (QED) is 0.633. The smallest absolute Gasteiger partial charge is 0.208 e. The van der Waals surface area contributed by atoms with Crippen molar-refractivity contribution in [2.24, 2.45) is 0 Å². The van der Waals surface area contributed by atoms with Crippen LogP contribution in [0.15, 0.2) is 42.7 Å². The zero-order valence-corrected chi connectivity index (χ0v) is 18.0. The second kappa shape index (κ2) is 7.45. The number of sulfonamides is 1. The number of H-pyrrole nitrogens is 1. The first kappa shape index (κ1) is 20.4. The molecule has 2 heterocycles. The van der Waals surface area contributed by atoms with Crippen LogP contribution in [0.5, 0.6) is 0 Å². The number of nitrogens with one attached hydrogen (secondary N) is 2. The molecule has 156 valence electrons. The van der Waals surface area contributed by atoms with Crippen LogP contribution in [0.1, 0.15) is 42.0 Å². The van der Waals surface area contributed by atoms with Gasteiger partial charge in [-0.25, -0.2) is 18.1 Å². The van der Waals surface area contributed by atoms with Gasteiger partial charge >= 0.3 is 0 Å². The maximum Gasteiger partial charge on any atom is 0.208 e. The highest BCUT2D eigenvalue weighted by atomic mass is 32.2. The topological polar surface area (TPSA) is 105 Å². The van der Waals surface area contributed by atoms with E-state index < -0.39 is 15.4 Å². The first-order chi connectivity index (χ1) is 14.1. The Labute approximate surface area is 176 Å². The molecule has 0 unspecified atom stereocenters. The van der Waals surface area contributed by atoms with Crippen molar-refractivity contribution in [2.45, 2.75) is 32.1 Å². The van der Waals surface area contributed by atoms with Gasteiger partial charge in [-0.15, -0.1) is 0 Å². The third-order valence-electron chi connectivity index (χ3n) is 5.39. The maximum absolute atomic E-state index is 12.0. The summed E-state index contributed by atoms with van der Waals surface area (Å²) in [5, 5.41) is 0. The second-order valence-electron chi connectivity index (χ2n) is 8.32. The second-order valence-corrected chi connectivity index (χ2v) is 10.2. The number of pyridine rings is 1. The molecule has 1 aliphatic rings. The van der Waals surface area contributed by atoms with E-state index >= 15 is 0 Å². The van der Waals surface area contributed by atoms with Crippen molar-refractivity contribution in [3.8, 4) is 22.5 Å². The Bertz CT molecular complexity index is 1210. The molecule has 2 aromatic heterocycles. The Morgan fingerprint density at radius 2 is 1.83 bits per heavy atom. The van der Waals surface area contributed by atoms with Crippen molar-refractivity contribution in [3.05, 3.63) is 59.7 Å². The Kier molecular flexibility index (Phi) is 5.07. The fraction of sp³-hybridized carbons (Fsp3) is 0.318. The predicted molar refractivity (Wildman–Crippen MR) is 116 cm³/mol. The Morgan fingerprint density at radius 1 is 1.10 bits per heavy atom. The zero-order valence-electron chi connectivity index (χ0n) is 17.2. The lowest BCUT2D eigenvalue weighted by atomic mass is 9.93. The van der Waals surface area contributed by atoms with Crippen LogP contribution in [0.4, 0.5) is 0 Å². The molecular weight excluding hydrogens is 400 g/mol. The molecule has 8 heteroatoms. The highest BCUT2D eigenvalue weighted by Crippen LogP contribution is 2.35. The van der Waals surface area contributed by atoms with Crippen LogP contribution in [0.2, 0.25) is 0 Å². The van der Waals surface area contributed by atoms with E-state index in [4.69, 9.17) is 4.98 Å². The van der Waals surface area contributed by atoms with Gasteiger partial charge in [0.25, 0.3) is 0 Å². The average Bonchev–Trinajstić information content (AvgIpc) is 3.31. The molecule has 0 spiro atoms. The van der Waals surface area contributed by atoms with Crippen LogP contribution in [-0.2, 0) is 21.9 Å². The Balaban J connectivity index is 1.81. The number of imidazole rings is 1. The third kappa shape index (κ3) is 4.06. The van der Waals surface area contributed by atoms with Gasteiger partial charge in [-0.3, -0.25) is 9.78 Å². The van der Waals surface area contributed by atoms with E-state index in [1.165, 1.54) is 0 Å². The maximum atomic E-state index is 12.0. The van der Waals surface area contributed by atoms with E-state index in [1.54, 1.807) is 12.4 Å². The number of Topliss-reactive ketones (excluding diaryl/α,β-unsaturated/α-hetero) is 1. The summed E-state index contributed by atoms with van der Waals surface area (Å²) in [5.74, 6) is 0.860. The molecule has 3 aromatic rings. The molecule has 0 saturated carbocycles. The largest absolute Gasteiger partial charge is 0.341 e. The number of ketones is 1. The molecule has 0 aliphatic heterocycles. The van der Waals surface area contributed by atoms with Crippen LogP contribution in [0.3, 0.4) is 0 Å². The van der Waals surface area contributed by atoms with Gasteiger partial charge in [0.1, 0.15) is 5.82 Å². The van der Waals surface area contributed by atoms with Gasteiger partial charge in [-0.2, -0.15) is 0 Å². The van der Waals surface area contributed by atoms with Crippen molar-refractivity contribution in [1.29, 1.82) is 0 Å². The molecule has 1 aliphatic carbocycles. The number of nitrogens with zero attached hydrogens (tertiary/aromatic N) is 2. The van der Waals surface area contributed by atoms with E-state index in [9.17, 15) is 13.2 Å². The van der Waals surface area contributed by atoms with Crippen LogP contribution in [0.25, 0.3) is 22.5 Å². The molecule has 30 heavy (non-hydrogen) atoms. The summed E-state index contributed by atoms with van der Waals surface area (Å²) in [4.78, 5) is 24.4. The van der Waals surface area contributed by atoms with Gasteiger partial charge in [0, 0.05) is 47.5 Å². The van der Waals surface area contributed by atoms with Crippen molar-refractivity contribution in [3.63, 3.8) is 0 Å². The third-order valence-corrected chi connectivity index (χ3v) is 6.06. The first-order valence-corrected chi connectivity index (χ1v) is 11.7. The number of aryl methyl sites for hydroxylation is 1. The summed E-state index contributed by atoms with van der Waals surface area (Å²) in [5.41, 5.74) is 4.73. The summed E-state index contributed by atoms with van der Waals surface area (Å²) < 4.78 is 25.7. The molecule has 0 radical (unpaired) electrons. The molecule has 4 rings (SSSR count). The molecule has 0 amide bonds. The van der Waals surface area contributed by atoms with Gasteiger partial charge < -0.3 is 4.98 Å². The van der Waals surface area contributed by atoms with Crippen LogP contribution in [-0.4, -0.2) is 42.0 Å². The zero-order chi connectivity index (χ0) is 21.5. The fourth-order valence-electron chi connectivity index (χ4n) is 3.63. The lowest BCUT2D eigenvalue weighted by Crippen LogP contribution is -2.36. The van der Waals surface area contributed by atoms with Crippen molar-refractivity contribution in [1.82, 2.24) is 19.7 Å². The highest BCUT2D eigenvalue weighted by Gasteiger charge is 2.28. The highest BCUT2D eigenvalue weighted by molar-refractivity contribution is 7.88. The summed E-state index contributed by atoms with van der Waals surface area (Å²) in [6, 6.07) is 9.64. The fourth-order valence-corrected chi connectivity index (χ4v) is 4.25. The first-order valence-electron chi connectivity index (χ1n) is 9.76. The monoisotopic (exact) mass is 424 g/mol. The number of hydrogen-bond acceptors (Lipinski definition) is 5. The van der Waals surface area contributed by atoms with Gasteiger partial charge in [0.05, 0.1) is 17.6 Å². The molecule has 7 nitrogen and oxygen atoms in total. The number of fused-ring (bicyclic) bond motifs is 1. The Hall–Kier alpha value is -2.84. The van der Waals surface area contributed by atoms with Gasteiger partial charge in [-0.05, 0) is 30.2 Å². The molecule has 1 aromatic carbocycles. The van der Waals surface area contributed by atoms with E-state index in [0.29, 0.717) is 12.2 Å².